The van der Waals surface area contributed by atoms with E-state index in [0.29, 0.717) is 22.3 Å². The molecule has 0 unspecified atom stereocenters. The summed E-state index contributed by atoms with van der Waals surface area (Å²) in [6.07, 6.45) is 0. The predicted octanol–water partition coefficient (Wildman–Crippen LogP) is 4.48. The summed E-state index contributed by atoms with van der Waals surface area (Å²) in [5, 5.41) is 0.701. The summed E-state index contributed by atoms with van der Waals surface area (Å²) < 4.78 is 54.3. The number of methoxy groups -OCH3 is 1. The molecule has 0 saturated carbocycles. The minimum Gasteiger partial charge on any atom is -0.493 e. The van der Waals surface area contributed by atoms with Gasteiger partial charge in [0.25, 0.3) is 0 Å². The minimum absolute atomic E-state index is 0.0616. The van der Waals surface area contributed by atoms with Crippen LogP contribution in [0.3, 0.4) is 0 Å². The van der Waals surface area contributed by atoms with Crippen LogP contribution in [0.25, 0.3) is 11.0 Å². The highest BCUT2D eigenvalue weighted by atomic mass is 32.2. The van der Waals surface area contributed by atoms with Crippen LogP contribution in [0, 0.1) is 5.82 Å². The maximum Gasteiger partial charge on any atom is 0.339 e. The number of hydrogen-bond donors (Lipinski definition) is 0. The Hall–Kier alpha value is -3.85. The van der Waals surface area contributed by atoms with E-state index in [4.69, 9.17) is 13.3 Å². The molecule has 0 fully saturated rings. The van der Waals surface area contributed by atoms with Gasteiger partial charge in [0.2, 0.25) is 0 Å². The van der Waals surface area contributed by atoms with Gasteiger partial charge in [0.15, 0.2) is 11.5 Å². The number of halogens is 1. The van der Waals surface area contributed by atoms with E-state index < -0.39 is 21.6 Å². The van der Waals surface area contributed by atoms with Crippen molar-refractivity contribution in [2.24, 2.45) is 0 Å². The smallest absolute Gasteiger partial charge is 0.339 e. The van der Waals surface area contributed by atoms with Crippen LogP contribution < -0.4 is 19.4 Å². The van der Waals surface area contributed by atoms with Gasteiger partial charge in [-0.05, 0) is 48.5 Å². The van der Waals surface area contributed by atoms with E-state index >= 15 is 0 Å². The average Bonchev–Trinajstić information content (AvgIpc) is 2.78. The van der Waals surface area contributed by atoms with E-state index in [1.807, 2.05) is 12.1 Å². The van der Waals surface area contributed by atoms with E-state index in [-0.39, 0.29) is 16.4 Å². The van der Waals surface area contributed by atoms with E-state index in [0.717, 1.165) is 24.3 Å². The summed E-state index contributed by atoms with van der Waals surface area (Å²) in [6.45, 7) is 0. The molecule has 32 heavy (non-hydrogen) atoms. The van der Waals surface area contributed by atoms with Crippen molar-refractivity contribution in [3.63, 3.8) is 0 Å². The summed E-state index contributed by atoms with van der Waals surface area (Å²) in [5.74, 6) is -0.441. The van der Waals surface area contributed by atoms with Crippen molar-refractivity contribution in [1.29, 1.82) is 0 Å². The lowest BCUT2D eigenvalue weighted by molar-refractivity contribution is 0.390. The second kappa shape index (κ2) is 8.35. The molecule has 0 N–H and O–H groups in total. The quantitative estimate of drug-likeness (QED) is 0.313. The van der Waals surface area contributed by atoms with Crippen LogP contribution in [0.4, 0.5) is 15.8 Å². The number of nitrogens with zero attached hydrogens (tertiary/aromatic N) is 1. The fourth-order valence-corrected chi connectivity index (χ4v) is 4.15. The van der Waals surface area contributed by atoms with Gasteiger partial charge in [0, 0.05) is 30.3 Å². The van der Waals surface area contributed by atoms with Gasteiger partial charge in [-0.25, -0.2) is 9.18 Å². The molecule has 4 aromatic rings. The third-order valence-corrected chi connectivity index (χ3v) is 6.07. The Labute approximate surface area is 183 Å². The lowest BCUT2D eigenvalue weighted by Gasteiger charge is -2.22. The van der Waals surface area contributed by atoms with Crippen LogP contribution in [0.1, 0.15) is 0 Å². The molecule has 0 bridgehead atoms. The molecule has 1 heterocycles. The highest BCUT2D eigenvalue weighted by Crippen LogP contribution is 2.37. The van der Waals surface area contributed by atoms with Gasteiger partial charge in [0.1, 0.15) is 16.3 Å². The Kier molecular flexibility index (Phi) is 5.58. The zero-order chi connectivity index (χ0) is 22.9. The molecule has 0 radical (unpaired) electrons. The molecule has 9 heteroatoms. The van der Waals surface area contributed by atoms with Crippen LogP contribution in [0.5, 0.6) is 11.5 Å². The topological polar surface area (TPSA) is 86.0 Å². The molecule has 164 valence electrons. The van der Waals surface area contributed by atoms with Crippen molar-refractivity contribution in [2.75, 3.05) is 19.1 Å². The number of ether oxygens (including phenoxy) is 1. The van der Waals surface area contributed by atoms with E-state index in [9.17, 15) is 17.6 Å². The molecule has 0 saturated heterocycles. The maximum absolute atomic E-state index is 13.2. The number of fused-ring (bicyclic) bond motifs is 1. The minimum atomic E-state index is -4.24. The Bertz CT molecular complexity index is 1450. The number of hydrogen-bond acceptors (Lipinski definition) is 7. The summed E-state index contributed by atoms with van der Waals surface area (Å²) in [5.41, 5.74) is 1.00. The van der Waals surface area contributed by atoms with Crippen LogP contribution in [0.15, 0.2) is 86.9 Å². The van der Waals surface area contributed by atoms with Crippen LogP contribution >= 0.6 is 0 Å². The maximum atomic E-state index is 13.2. The van der Waals surface area contributed by atoms with E-state index in [1.165, 1.54) is 19.2 Å². The summed E-state index contributed by atoms with van der Waals surface area (Å²) in [4.78, 5) is 13.5. The van der Waals surface area contributed by atoms with Gasteiger partial charge in [-0.2, -0.15) is 8.42 Å². The molecule has 0 spiro atoms. The highest BCUT2D eigenvalue weighted by Gasteiger charge is 2.21. The number of anilines is 2. The van der Waals surface area contributed by atoms with Crippen molar-refractivity contribution in [2.45, 2.75) is 4.90 Å². The average molecular weight is 455 g/mol. The second-order valence-corrected chi connectivity index (χ2v) is 8.38. The summed E-state index contributed by atoms with van der Waals surface area (Å²) >= 11 is 0. The van der Waals surface area contributed by atoms with Gasteiger partial charge in [-0.1, -0.05) is 12.1 Å². The van der Waals surface area contributed by atoms with Gasteiger partial charge in [0.05, 0.1) is 12.8 Å². The van der Waals surface area contributed by atoms with Gasteiger partial charge < -0.3 is 18.2 Å². The number of para-hydroxylation sites is 1. The van der Waals surface area contributed by atoms with Gasteiger partial charge in [-0.15, -0.1) is 0 Å². The van der Waals surface area contributed by atoms with E-state index in [2.05, 4.69) is 0 Å². The van der Waals surface area contributed by atoms with Crippen molar-refractivity contribution in [3.05, 3.63) is 89.0 Å². The Morgan fingerprint density at radius 3 is 2.38 bits per heavy atom. The molecule has 0 aliphatic rings. The SMILES string of the molecule is COc1ccc(N(C)c2cc(=O)oc3ccccc23)cc1OS(=O)(=O)c1ccc(F)cc1. The largest absolute Gasteiger partial charge is 0.493 e. The van der Waals surface area contributed by atoms with Crippen molar-refractivity contribution in [1.82, 2.24) is 0 Å². The lowest BCUT2D eigenvalue weighted by atomic mass is 10.1. The Morgan fingerprint density at radius 2 is 1.66 bits per heavy atom. The first-order valence-corrected chi connectivity index (χ1v) is 10.8. The molecule has 0 amide bonds. The first kappa shape index (κ1) is 21.4. The molecule has 0 aliphatic carbocycles. The predicted molar refractivity (Wildman–Crippen MR) is 118 cm³/mol. The molecule has 0 atom stereocenters. The third kappa shape index (κ3) is 4.15. The van der Waals surface area contributed by atoms with Crippen LogP contribution in [-0.2, 0) is 10.1 Å². The van der Waals surface area contributed by atoms with E-state index in [1.54, 1.807) is 36.2 Å². The van der Waals surface area contributed by atoms with Gasteiger partial charge in [-0.3, -0.25) is 0 Å². The second-order valence-electron chi connectivity index (χ2n) is 6.83. The molecule has 0 aliphatic heterocycles. The molecule has 3 aromatic carbocycles. The van der Waals surface area contributed by atoms with Crippen molar-refractivity contribution in [3.8, 4) is 11.5 Å². The Balaban J connectivity index is 1.76. The summed E-state index contributed by atoms with van der Waals surface area (Å²) in [7, 11) is -1.14. The first-order chi connectivity index (χ1) is 15.3. The molecular formula is C23H18FNO6S. The molecule has 1 aromatic heterocycles. The summed E-state index contributed by atoms with van der Waals surface area (Å²) in [6, 6.07) is 17.4. The standard InChI is InChI=1S/C23H18FNO6S/c1-25(19-14-23(26)30-20-6-4-3-5-18(19)20)16-9-12-21(29-2)22(13-16)31-32(27,28)17-10-7-15(24)8-11-17/h3-14H,1-2H3. The molecule has 4 rings (SSSR count). The number of benzene rings is 3. The fourth-order valence-electron chi connectivity index (χ4n) is 3.22. The van der Waals surface area contributed by atoms with Crippen molar-refractivity contribution < 1.29 is 26.1 Å². The van der Waals surface area contributed by atoms with Crippen LogP contribution in [-0.4, -0.2) is 22.6 Å². The Morgan fingerprint density at radius 1 is 0.938 bits per heavy atom. The monoisotopic (exact) mass is 455 g/mol. The van der Waals surface area contributed by atoms with Crippen molar-refractivity contribution >= 4 is 32.5 Å². The van der Waals surface area contributed by atoms with Crippen LogP contribution in [0.2, 0.25) is 0 Å². The highest BCUT2D eigenvalue weighted by molar-refractivity contribution is 7.87. The lowest BCUT2D eigenvalue weighted by Crippen LogP contribution is -2.14. The number of rotatable bonds is 6. The van der Waals surface area contributed by atoms with Gasteiger partial charge >= 0.3 is 15.7 Å². The molecule has 7 nitrogen and oxygen atoms in total. The first-order valence-electron chi connectivity index (χ1n) is 9.43. The fraction of sp³-hybridized carbons (Fsp3) is 0.0870. The molecular weight excluding hydrogens is 437 g/mol. The zero-order valence-electron chi connectivity index (χ0n) is 17.1. The zero-order valence-corrected chi connectivity index (χ0v) is 17.9. The third-order valence-electron chi connectivity index (χ3n) is 4.83. The normalized spacial score (nSPS) is 11.3.